The van der Waals surface area contributed by atoms with E-state index in [4.69, 9.17) is 10.00 Å². The quantitative estimate of drug-likeness (QED) is 0.697. The SMILES string of the molecule is N#Cc1ccnc(Oc2cccc3ncccc23)n1. The lowest BCUT2D eigenvalue weighted by Gasteiger charge is -2.06. The number of pyridine rings is 1. The number of rotatable bonds is 2. The Hall–Kier alpha value is -3.00. The summed E-state index contributed by atoms with van der Waals surface area (Å²) in [6.07, 6.45) is 3.21. The number of ether oxygens (including phenoxy) is 1. The molecule has 19 heavy (non-hydrogen) atoms. The Bertz CT molecular complexity index is 774. The minimum atomic E-state index is 0.149. The van der Waals surface area contributed by atoms with Crippen LogP contribution >= 0.6 is 0 Å². The molecule has 0 amide bonds. The minimum Gasteiger partial charge on any atom is -0.424 e. The van der Waals surface area contributed by atoms with Gasteiger partial charge in [-0.1, -0.05) is 6.07 Å². The maximum absolute atomic E-state index is 8.79. The van der Waals surface area contributed by atoms with Gasteiger partial charge in [0.05, 0.1) is 5.52 Å². The van der Waals surface area contributed by atoms with E-state index in [1.54, 1.807) is 6.20 Å². The maximum Gasteiger partial charge on any atom is 0.323 e. The molecule has 0 aliphatic rings. The Balaban J connectivity index is 2.04. The first kappa shape index (κ1) is 11.1. The van der Waals surface area contributed by atoms with Gasteiger partial charge < -0.3 is 4.74 Å². The lowest BCUT2D eigenvalue weighted by Crippen LogP contribution is -1.94. The first-order chi connectivity index (χ1) is 9.36. The summed E-state index contributed by atoms with van der Waals surface area (Å²) in [7, 11) is 0. The van der Waals surface area contributed by atoms with Crippen LogP contribution < -0.4 is 4.74 Å². The van der Waals surface area contributed by atoms with Crippen LogP contribution in [0.1, 0.15) is 5.69 Å². The average molecular weight is 248 g/mol. The van der Waals surface area contributed by atoms with Crippen molar-refractivity contribution in [1.29, 1.82) is 5.26 Å². The summed E-state index contributed by atoms with van der Waals surface area (Å²) in [5.74, 6) is 0.612. The van der Waals surface area contributed by atoms with Gasteiger partial charge in [0.2, 0.25) is 0 Å². The predicted molar refractivity (Wildman–Crippen MR) is 68.6 cm³/mol. The lowest BCUT2D eigenvalue weighted by atomic mass is 10.2. The van der Waals surface area contributed by atoms with E-state index in [1.165, 1.54) is 12.3 Å². The molecule has 2 heterocycles. The van der Waals surface area contributed by atoms with Crippen molar-refractivity contribution in [2.24, 2.45) is 0 Å². The van der Waals surface area contributed by atoms with Gasteiger partial charge in [-0.15, -0.1) is 0 Å². The Kier molecular flexibility index (Phi) is 2.75. The van der Waals surface area contributed by atoms with E-state index in [1.807, 2.05) is 36.4 Å². The molecule has 0 spiro atoms. The standard InChI is InChI=1S/C14H8N4O/c15-9-10-6-8-17-14(18-10)19-13-5-1-4-12-11(13)3-2-7-16-12/h1-8H. The van der Waals surface area contributed by atoms with E-state index < -0.39 is 0 Å². The number of hydrogen-bond acceptors (Lipinski definition) is 5. The maximum atomic E-state index is 8.79. The number of benzene rings is 1. The van der Waals surface area contributed by atoms with E-state index >= 15 is 0 Å². The largest absolute Gasteiger partial charge is 0.424 e. The van der Waals surface area contributed by atoms with Crippen molar-refractivity contribution in [3.8, 4) is 17.8 Å². The predicted octanol–water partition coefficient (Wildman–Crippen LogP) is 2.69. The van der Waals surface area contributed by atoms with Gasteiger partial charge in [-0.25, -0.2) is 4.98 Å². The van der Waals surface area contributed by atoms with Crippen LogP contribution in [0.4, 0.5) is 0 Å². The van der Waals surface area contributed by atoms with E-state index in [-0.39, 0.29) is 11.7 Å². The summed E-state index contributed by atoms with van der Waals surface area (Å²) in [5.41, 5.74) is 1.10. The molecule has 2 aromatic heterocycles. The van der Waals surface area contributed by atoms with Crippen molar-refractivity contribution >= 4 is 10.9 Å². The molecule has 0 aliphatic heterocycles. The average Bonchev–Trinajstić information content (AvgIpc) is 2.48. The molecule has 0 bridgehead atoms. The van der Waals surface area contributed by atoms with E-state index in [2.05, 4.69) is 15.0 Å². The highest BCUT2D eigenvalue weighted by atomic mass is 16.5. The summed E-state index contributed by atoms with van der Waals surface area (Å²) in [4.78, 5) is 12.2. The Labute approximate surface area is 109 Å². The van der Waals surface area contributed by atoms with Crippen LogP contribution in [0.25, 0.3) is 10.9 Å². The van der Waals surface area contributed by atoms with Gasteiger partial charge in [-0.2, -0.15) is 10.2 Å². The Morgan fingerprint density at radius 1 is 1.00 bits per heavy atom. The molecule has 3 rings (SSSR count). The molecule has 1 aromatic carbocycles. The summed E-state index contributed by atoms with van der Waals surface area (Å²) in [6.45, 7) is 0. The van der Waals surface area contributed by atoms with Crippen LogP contribution in [0.3, 0.4) is 0 Å². The van der Waals surface area contributed by atoms with Gasteiger partial charge in [0, 0.05) is 17.8 Å². The van der Waals surface area contributed by atoms with Gasteiger partial charge in [-0.3, -0.25) is 4.98 Å². The van der Waals surface area contributed by atoms with Crippen LogP contribution in [-0.4, -0.2) is 15.0 Å². The van der Waals surface area contributed by atoms with Gasteiger partial charge in [0.15, 0.2) is 0 Å². The molecule has 5 heteroatoms. The highest BCUT2D eigenvalue weighted by molar-refractivity contribution is 5.84. The summed E-state index contributed by atoms with van der Waals surface area (Å²) >= 11 is 0. The Morgan fingerprint density at radius 2 is 1.95 bits per heavy atom. The molecule has 0 aliphatic carbocycles. The second-order valence-electron chi connectivity index (χ2n) is 3.76. The molecule has 0 radical (unpaired) electrons. The monoisotopic (exact) mass is 248 g/mol. The topological polar surface area (TPSA) is 71.7 Å². The van der Waals surface area contributed by atoms with E-state index in [0.29, 0.717) is 5.75 Å². The van der Waals surface area contributed by atoms with Crippen molar-refractivity contribution < 1.29 is 4.74 Å². The van der Waals surface area contributed by atoms with Crippen LogP contribution in [0.2, 0.25) is 0 Å². The fraction of sp³-hybridized carbons (Fsp3) is 0. The van der Waals surface area contributed by atoms with Crippen molar-refractivity contribution in [2.45, 2.75) is 0 Å². The van der Waals surface area contributed by atoms with Crippen molar-refractivity contribution in [1.82, 2.24) is 15.0 Å². The zero-order chi connectivity index (χ0) is 13.1. The third-order valence-corrected chi connectivity index (χ3v) is 2.55. The molecule has 0 N–H and O–H groups in total. The van der Waals surface area contributed by atoms with Crippen molar-refractivity contribution in [2.75, 3.05) is 0 Å². The smallest absolute Gasteiger partial charge is 0.323 e. The Morgan fingerprint density at radius 3 is 2.84 bits per heavy atom. The number of aromatic nitrogens is 3. The number of nitrogens with zero attached hydrogens (tertiary/aromatic N) is 4. The molecule has 3 aromatic rings. The number of fused-ring (bicyclic) bond motifs is 1. The minimum absolute atomic E-state index is 0.149. The molecule has 90 valence electrons. The third kappa shape index (κ3) is 2.19. The highest BCUT2D eigenvalue weighted by Gasteiger charge is 2.06. The lowest BCUT2D eigenvalue weighted by molar-refractivity contribution is 0.446. The molecule has 0 unspecified atom stereocenters. The zero-order valence-corrected chi connectivity index (χ0v) is 9.82. The van der Waals surface area contributed by atoms with Crippen LogP contribution in [-0.2, 0) is 0 Å². The number of nitriles is 1. The van der Waals surface area contributed by atoms with Gasteiger partial charge >= 0.3 is 6.01 Å². The fourth-order valence-corrected chi connectivity index (χ4v) is 1.71. The molecular formula is C14H8N4O. The third-order valence-electron chi connectivity index (χ3n) is 2.55. The van der Waals surface area contributed by atoms with Gasteiger partial charge in [-0.05, 0) is 30.3 Å². The molecular weight excluding hydrogens is 240 g/mol. The zero-order valence-electron chi connectivity index (χ0n) is 9.82. The second kappa shape index (κ2) is 4.70. The molecule has 0 atom stereocenters. The van der Waals surface area contributed by atoms with Crippen molar-refractivity contribution in [3.05, 3.63) is 54.5 Å². The normalized spacial score (nSPS) is 10.1. The molecule has 0 saturated heterocycles. The van der Waals surface area contributed by atoms with Gasteiger partial charge in [0.1, 0.15) is 17.5 Å². The molecule has 5 nitrogen and oxygen atoms in total. The van der Waals surface area contributed by atoms with Crippen LogP contribution in [0.5, 0.6) is 11.8 Å². The molecule has 0 saturated carbocycles. The van der Waals surface area contributed by atoms with Crippen molar-refractivity contribution in [3.63, 3.8) is 0 Å². The highest BCUT2D eigenvalue weighted by Crippen LogP contribution is 2.26. The van der Waals surface area contributed by atoms with Crippen LogP contribution in [0, 0.1) is 11.3 Å². The first-order valence-corrected chi connectivity index (χ1v) is 5.61. The number of hydrogen-bond donors (Lipinski definition) is 0. The summed E-state index contributed by atoms with van der Waals surface area (Å²) < 4.78 is 5.62. The van der Waals surface area contributed by atoms with Crippen LogP contribution in [0.15, 0.2) is 48.8 Å². The first-order valence-electron chi connectivity index (χ1n) is 5.61. The van der Waals surface area contributed by atoms with E-state index in [9.17, 15) is 0 Å². The van der Waals surface area contributed by atoms with E-state index in [0.717, 1.165) is 10.9 Å². The summed E-state index contributed by atoms with van der Waals surface area (Å²) in [5, 5.41) is 9.67. The second-order valence-corrected chi connectivity index (χ2v) is 3.76. The fourth-order valence-electron chi connectivity index (χ4n) is 1.71. The summed E-state index contributed by atoms with van der Waals surface area (Å²) in [6, 6.07) is 12.9. The molecule has 0 fully saturated rings. The van der Waals surface area contributed by atoms with Gasteiger partial charge in [0.25, 0.3) is 0 Å².